The summed E-state index contributed by atoms with van der Waals surface area (Å²) >= 11 is 0. The van der Waals surface area contributed by atoms with Crippen LogP contribution in [0.2, 0.25) is 0 Å². The zero-order valence-corrected chi connectivity index (χ0v) is 9.72. The zero-order valence-electron chi connectivity index (χ0n) is 9.72. The summed E-state index contributed by atoms with van der Waals surface area (Å²) in [5.41, 5.74) is 6.04. The Bertz CT molecular complexity index is 434. The van der Waals surface area contributed by atoms with Crippen molar-refractivity contribution in [2.24, 2.45) is 0 Å². The van der Waals surface area contributed by atoms with Crippen molar-refractivity contribution in [3.05, 3.63) is 23.8 Å². The Morgan fingerprint density at radius 2 is 2.35 bits per heavy atom. The highest BCUT2D eigenvalue weighted by atomic mass is 16.5. The molecule has 1 heterocycles. The first-order chi connectivity index (χ1) is 8.06. The van der Waals surface area contributed by atoms with E-state index in [2.05, 4.69) is 4.90 Å². The van der Waals surface area contributed by atoms with Crippen molar-refractivity contribution in [3.63, 3.8) is 0 Å². The topological polar surface area (TPSA) is 75.8 Å². The van der Waals surface area contributed by atoms with Gasteiger partial charge >= 0.3 is 5.97 Å². The lowest BCUT2D eigenvalue weighted by Crippen LogP contribution is -2.22. The largest absolute Gasteiger partial charge is 0.506 e. The van der Waals surface area contributed by atoms with E-state index in [1.54, 1.807) is 6.07 Å². The Morgan fingerprint density at radius 1 is 1.59 bits per heavy atom. The van der Waals surface area contributed by atoms with Crippen molar-refractivity contribution in [1.29, 1.82) is 0 Å². The average molecular weight is 236 g/mol. The number of phenolic OH excluding ortho intramolecular Hbond substituents is 1. The predicted octanol–water partition coefficient (Wildman–Crippen LogP) is 0.835. The van der Waals surface area contributed by atoms with Crippen LogP contribution in [0.4, 0.5) is 5.69 Å². The second-order valence-corrected chi connectivity index (χ2v) is 4.35. The Labute approximate surface area is 99.8 Å². The highest BCUT2D eigenvalue weighted by Gasteiger charge is 2.23. The molecule has 92 valence electrons. The minimum Gasteiger partial charge on any atom is -0.506 e. The molecule has 1 saturated heterocycles. The van der Waals surface area contributed by atoms with Gasteiger partial charge in [-0.2, -0.15) is 0 Å². The molecule has 1 aromatic carbocycles. The number of nitrogens with zero attached hydrogens (tertiary/aromatic N) is 1. The lowest BCUT2D eigenvalue weighted by Gasteiger charge is -2.12. The Hall–Kier alpha value is -1.75. The fraction of sp³-hybridized carbons (Fsp3) is 0.417. The third-order valence-electron chi connectivity index (χ3n) is 2.89. The number of likely N-dealkylation sites (tertiary alicyclic amines) is 1. The van der Waals surface area contributed by atoms with Crippen LogP contribution < -0.4 is 5.73 Å². The number of aromatic hydroxyl groups is 1. The molecular formula is C12H16N2O3. The summed E-state index contributed by atoms with van der Waals surface area (Å²) in [7, 11) is 1.99. The van der Waals surface area contributed by atoms with Crippen molar-refractivity contribution in [1.82, 2.24) is 4.90 Å². The Balaban J connectivity index is 2.02. The lowest BCUT2D eigenvalue weighted by molar-refractivity contribution is 0.0327. The minimum absolute atomic E-state index is 0.0628. The number of ether oxygens (including phenoxy) is 1. The molecule has 0 aliphatic carbocycles. The maximum absolute atomic E-state index is 11.8. The number of nitrogens with two attached hydrogens (primary N) is 1. The van der Waals surface area contributed by atoms with Crippen LogP contribution >= 0.6 is 0 Å². The van der Waals surface area contributed by atoms with Crippen molar-refractivity contribution in [3.8, 4) is 5.75 Å². The highest BCUT2D eigenvalue weighted by Crippen LogP contribution is 2.22. The monoisotopic (exact) mass is 236 g/mol. The number of hydrogen-bond donors (Lipinski definition) is 2. The van der Waals surface area contributed by atoms with Gasteiger partial charge in [0.15, 0.2) is 0 Å². The molecule has 0 bridgehead atoms. The molecule has 0 spiro atoms. The molecule has 0 radical (unpaired) electrons. The third kappa shape index (κ3) is 2.68. The van der Waals surface area contributed by atoms with Crippen LogP contribution in [0.5, 0.6) is 5.75 Å². The molecule has 0 aromatic heterocycles. The molecule has 1 aliphatic rings. The molecule has 5 heteroatoms. The molecule has 17 heavy (non-hydrogen) atoms. The van der Waals surface area contributed by atoms with E-state index >= 15 is 0 Å². The number of rotatable bonds is 2. The van der Waals surface area contributed by atoms with Crippen LogP contribution in [-0.4, -0.2) is 42.2 Å². The first-order valence-electron chi connectivity index (χ1n) is 5.54. The SMILES string of the molecule is CN1CCC(OC(=O)c2ccc(N)c(O)c2)C1. The Morgan fingerprint density at radius 3 is 2.94 bits per heavy atom. The number of carbonyl (C=O) groups is 1. The van der Waals surface area contributed by atoms with Gasteiger partial charge in [-0.3, -0.25) is 0 Å². The summed E-state index contributed by atoms with van der Waals surface area (Å²) in [6, 6.07) is 4.37. The number of carbonyl (C=O) groups excluding carboxylic acids is 1. The standard InChI is InChI=1S/C12H16N2O3/c1-14-5-4-9(7-14)17-12(16)8-2-3-10(13)11(15)6-8/h2-3,6,9,15H,4-5,7,13H2,1H3. The zero-order chi connectivity index (χ0) is 12.4. The molecule has 1 aliphatic heterocycles. The van der Waals surface area contributed by atoms with Gasteiger partial charge in [-0.25, -0.2) is 4.79 Å². The van der Waals surface area contributed by atoms with E-state index < -0.39 is 5.97 Å². The minimum atomic E-state index is -0.416. The first-order valence-corrected chi connectivity index (χ1v) is 5.54. The van der Waals surface area contributed by atoms with Crippen LogP contribution in [0.15, 0.2) is 18.2 Å². The maximum Gasteiger partial charge on any atom is 0.338 e. The molecule has 1 unspecified atom stereocenters. The number of benzene rings is 1. The molecule has 2 rings (SSSR count). The summed E-state index contributed by atoms with van der Waals surface area (Å²) in [6.07, 6.45) is 0.788. The van der Waals surface area contributed by atoms with Gasteiger partial charge in [-0.05, 0) is 31.7 Å². The molecular weight excluding hydrogens is 220 g/mol. The maximum atomic E-state index is 11.8. The number of anilines is 1. The number of likely N-dealkylation sites (N-methyl/N-ethyl adjacent to an activating group) is 1. The fourth-order valence-corrected chi connectivity index (χ4v) is 1.88. The molecule has 0 saturated carbocycles. The van der Waals surface area contributed by atoms with Crippen LogP contribution in [0.1, 0.15) is 16.8 Å². The quantitative estimate of drug-likeness (QED) is 0.452. The average Bonchev–Trinajstić information content (AvgIpc) is 2.68. The lowest BCUT2D eigenvalue weighted by atomic mass is 10.2. The summed E-state index contributed by atoms with van der Waals surface area (Å²) in [5, 5.41) is 9.41. The van der Waals surface area contributed by atoms with E-state index in [4.69, 9.17) is 10.5 Å². The van der Waals surface area contributed by atoms with Crippen molar-refractivity contribution >= 4 is 11.7 Å². The van der Waals surface area contributed by atoms with E-state index in [0.717, 1.165) is 19.5 Å². The second kappa shape index (κ2) is 4.63. The van der Waals surface area contributed by atoms with Gasteiger partial charge in [0.2, 0.25) is 0 Å². The molecule has 0 amide bonds. The summed E-state index contributed by atoms with van der Waals surface area (Å²) in [6.45, 7) is 1.69. The van der Waals surface area contributed by atoms with Crippen LogP contribution in [0.25, 0.3) is 0 Å². The van der Waals surface area contributed by atoms with Gasteiger partial charge in [-0.1, -0.05) is 0 Å². The summed E-state index contributed by atoms with van der Waals surface area (Å²) < 4.78 is 5.33. The number of esters is 1. The van der Waals surface area contributed by atoms with E-state index in [9.17, 15) is 9.90 Å². The van der Waals surface area contributed by atoms with Crippen LogP contribution in [0, 0.1) is 0 Å². The number of hydrogen-bond acceptors (Lipinski definition) is 5. The van der Waals surface area contributed by atoms with Gasteiger partial charge in [0.1, 0.15) is 11.9 Å². The molecule has 1 atom stereocenters. The third-order valence-corrected chi connectivity index (χ3v) is 2.89. The molecule has 1 fully saturated rings. The van der Waals surface area contributed by atoms with E-state index in [1.165, 1.54) is 12.1 Å². The smallest absolute Gasteiger partial charge is 0.338 e. The van der Waals surface area contributed by atoms with Gasteiger partial charge in [0.05, 0.1) is 11.3 Å². The van der Waals surface area contributed by atoms with Crippen LogP contribution in [-0.2, 0) is 4.74 Å². The summed E-state index contributed by atoms with van der Waals surface area (Å²) in [5.74, 6) is -0.511. The van der Waals surface area contributed by atoms with Gasteiger partial charge in [0, 0.05) is 13.1 Å². The van der Waals surface area contributed by atoms with Crippen molar-refractivity contribution in [2.45, 2.75) is 12.5 Å². The first kappa shape index (κ1) is 11.7. The van der Waals surface area contributed by atoms with Crippen LogP contribution in [0.3, 0.4) is 0 Å². The second-order valence-electron chi connectivity index (χ2n) is 4.35. The number of nitrogen functional groups attached to an aromatic ring is 1. The molecule has 3 N–H and O–H groups in total. The van der Waals surface area contributed by atoms with Gasteiger partial charge in [0.25, 0.3) is 0 Å². The Kier molecular flexibility index (Phi) is 3.19. The number of phenols is 1. The van der Waals surface area contributed by atoms with Crippen molar-refractivity contribution in [2.75, 3.05) is 25.9 Å². The fourth-order valence-electron chi connectivity index (χ4n) is 1.88. The van der Waals surface area contributed by atoms with E-state index in [1.807, 2.05) is 7.05 Å². The van der Waals surface area contributed by atoms with Gasteiger partial charge in [-0.15, -0.1) is 0 Å². The highest BCUT2D eigenvalue weighted by molar-refractivity contribution is 5.90. The molecule has 5 nitrogen and oxygen atoms in total. The molecule has 1 aromatic rings. The predicted molar refractivity (Wildman–Crippen MR) is 63.8 cm³/mol. The normalized spacial score (nSPS) is 20.4. The van der Waals surface area contributed by atoms with Crippen molar-refractivity contribution < 1.29 is 14.6 Å². The van der Waals surface area contributed by atoms with E-state index in [0.29, 0.717) is 5.56 Å². The summed E-state index contributed by atoms with van der Waals surface area (Å²) in [4.78, 5) is 13.9. The van der Waals surface area contributed by atoms with E-state index in [-0.39, 0.29) is 17.5 Å². The van der Waals surface area contributed by atoms with Gasteiger partial charge < -0.3 is 20.5 Å².